The molecule has 1 heterocycles. The van der Waals surface area contributed by atoms with Crippen molar-refractivity contribution in [3.8, 4) is 11.5 Å². The molecule has 0 spiro atoms. The molecule has 1 aromatic rings. The Hall–Kier alpha value is -2.05. The molecule has 26 heavy (non-hydrogen) atoms. The van der Waals surface area contributed by atoms with Crippen molar-refractivity contribution < 1.29 is 14.2 Å². The molecule has 0 aromatic heterocycles. The van der Waals surface area contributed by atoms with Gasteiger partial charge in [-0.05, 0) is 42.8 Å². The molecule has 2 rings (SSSR count). The predicted molar refractivity (Wildman–Crippen MR) is 109 cm³/mol. The maximum Gasteiger partial charge on any atom is 0.169 e. The topological polar surface area (TPSA) is 43.0 Å². The summed E-state index contributed by atoms with van der Waals surface area (Å²) in [6.07, 6.45) is 5.90. The fourth-order valence-electron chi connectivity index (χ4n) is 2.82. The number of hydrogen-bond acceptors (Lipinski definition) is 4. The van der Waals surface area contributed by atoms with Gasteiger partial charge >= 0.3 is 0 Å². The SMILES string of the molecule is C=CCNC(=S)N(Cc1ccc(OCC=C)c(OC)c1)C[C@H]1CCCO1. The number of nitrogens with zero attached hydrogens (tertiary/aromatic N) is 1. The third kappa shape index (κ3) is 6.04. The van der Waals surface area contributed by atoms with Crippen LogP contribution >= 0.6 is 12.2 Å². The van der Waals surface area contributed by atoms with Gasteiger partial charge in [0.2, 0.25) is 0 Å². The average Bonchev–Trinajstić information content (AvgIpc) is 3.17. The molecule has 1 aliphatic heterocycles. The van der Waals surface area contributed by atoms with Crippen molar-refractivity contribution in [1.29, 1.82) is 0 Å². The summed E-state index contributed by atoms with van der Waals surface area (Å²) in [6, 6.07) is 5.93. The molecule has 0 amide bonds. The van der Waals surface area contributed by atoms with E-state index >= 15 is 0 Å². The van der Waals surface area contributed by atoms with E-state index < -0.39 is 0 Å². The Morgan fingerprint density at radius 3 is 2.88 bits per heavy atom. The molecule has 0 saturated carbocycles. The largest absolute Gasteiger partial charge is 0.493 e. The Morgan fingerprint density at radius 2 is 2.23 bits per heavy atom. The monoisotopic (exact) mass is 376 g/mol. The molecule has 6 heteroatoms. The van der Waals surface area contributed by atoms with Crippen LogP contribution < -0.4 is 14.8 Å². The lowest BCUT2D eigenvalue weighted by molar-refractivity contribution is 0.0898. The van der Waals surface area contributed by atoms with Crippen LogP contribution in [0.5, 0.6) is 11.5 Å². The van der Waals surface area contributed by atoms with Crippen molar-refractivity contribution >= 4 is 17.3 Å². The van der Waals surface area contributed by atoms with E-state index in [-0.39, 0.29) is 6.10 Å². The number of thiocarbonyl (C=S) groups is 1. The second kappa shape index (κ2) is 10.8. The van der Waals surface area contributed by atoms with Gasteiger partial charge in [-0.15, -0.1) is 6.58 Å². The normalized spacial score (nSPS) is 16.0. The summed E-state index contributed by atoms with van der Waals surface area (Å²) in [5.74, 6) is 1.40. The van der Waals surface area contributed by atoms with E-state index in [1.807, 2.05) is 18.2 Å². The first-order chi connectivity index (χ1) is 12.7. The summed E-state index contributed by atoms with van der Waals surface area (Å²) in [7, 11) is 1.64. The number of nitrogens with one attached hydrogen (secondary N) is 1. The van der Waals surface area contributed by atoms with Crippen molar-refractivity contribution in [3.63, 3.8) is 0 Å². The smallest absolute Gasteiger partial charge is 0.169 e. The standard InChI is InChI=1S/C20H28N2O3S/c1-4-10-21-20(26)22(15-17-7-6-12-24-17)14-16-8-9-18(25-11-5-2)19(13-16)23-3/h4-5,8-9,13,17H,1-2,6-7,10-12,14-15H2,3H3,(H,21,26)/t17-/m1/s1. The second-order valence-electron chi connectivity index (χ2n) is 6.08. The molecule has 5 nitrogen and oxygen atoms in total. The highest BCUT2D eigenvalue weighted by Crippen LogP contribution is 2.29. The molecule has 0 bridgehead atoms. The van der Waals surface area contributed by atoms with Gasteiger partial charge < -0.3 is 24.4 Å². The van der Waals surface area contributed by atoms with Crippen LogP contribution in [0.2, 0.25) is 0 Å². The van der Waals surface area contributed by atoms with Gasteiger partial charge in [-0.25, -0.2) is 0 Å². The third-order valence-electron chi connectivity index (χ3n) is 4.09. The number of benzene rings is 1. The third-order valence-corrected chi connectivity index (χ3v) is 4.49. The highest BCUT2D eigenvalue weighted by Gasteiger charge is 2.21. The van der Waals surface area contributed by atoms with E-state index in [1.165, 1.54) is 0 Å². The quantitative estimate of drug-likeness (QED) is 0.499. The lowest BCUT2D eigenvalue weighted by Crippen LogP contribution is -2.43. The minimum atomic E-state index is 0.218. The van der Waals surface area contributed by atoms with Crippen molar-refractivity contribution in [1.82, 2.24) is 10.2 Å². The lowest BCUT2D eigenvalue weighted by Gasteiger charge is -2.28. The Labute approximate surface area is 161 Å². The zero-order chi connectivity index (χ0) is 18.8. The molecule has 0 radical (unpaired) electrons. The van der Waals surface area contributed by atoms with E-state index in [0.29, 0.717) is 36.3 Å². The predicted octanol–water partition coefficient (Wildman–Crippen LogP) is 3.30. The summed E-state index contributed by atoms with van der Waals surface area (Å²) >= 11 is 5.56. The van der Waals surface area contributed by atoms with Gasteiger partial charge in [0, 0.05) is 26.2 Å². The van der Waals surface area contributed by atoms with E-state index in [1.54, 1.807) is 19.3 Å². The highest BCUT2D eigenvalue weighted by molar-refractivity contribution is 7.80. The summed E-state index contributed by atoms with van der Waals surface area (Å²) in [6.45, 7) is 10.7. The van der Waals surface area contributed by atoms with Crippen LogP contribution in [0.15, 0.2) is 43.5 Å². The van der Waals surface area contributed by atoms with Gasteiger partial charge in [0.05, 0.1) is 13.2 Å². The molecular formula is C20H28N2O3S. The second-order valence-corrected chi connectivity index (χ2v) is 6.46. The van der Waals surface area contributed by atoms with E-state index in [2.05, 4.69) is 23.4 Å². The lowest BCUT2D eigenvalue weighted by atomic mass is 10.1. The highest BCUT2D eigenvalue weighted by atomic mass is 32.1. The first kappa shape index (κ1) is 20.3. The van der Waals surface area contributed by atoms with E-state index in [4.69, 9.17) is 26.4 Å². The minimum absolute atomic E-state index is 0.218. The van der Waals surface area contributed by atoms with Crippen molar-refractivity contribution in [2.75, 3.05) is 33.4 Å². The van der Waals surface area contributed by atoms with Gasteiger partial charge in [0.1, 0.15) is 6.61 Å². The molecule has 142 valence electrons. The van der Waals surface area contributed by atoms with Gasteiger partial charge in [0.25, 0.3) is 0 Å². The van der Waals surface area contributed by atoms with Crippen LogP contribution in [0.4, 0.5) is 0 Å². The summed E-state index contributed by atoms with van der Waals surface area (Å²) in [5, 5.41) is 3.91. The van der Waals surface area contributed by atoms with Crippen molar-refractivity contribution in [3.05, 3.63) is 49.1 Å². The number of rotatable bonds is 10. The Bertz CT molecular complexity index is 615. The first-order valence-corrected chi connectivity index (χ1v) is 9.24. The first-order valence-electron chi connectivity index (χ1n) is 8.83. The molecule has 1 aliphatic rings. The number of hydrogen-bond donors (Lipinski definition) is 1. The van der Waals surface area contributed by atoms with Crippen LogP contribution in [-0.2, 0) is 11.3 Å². The van der Waals surface area contributed by atoms with Crippen molar-refractivity contribution in [2.45, 2.75) is 25.5 Å². The van der Waals surface area contributed by atoms with Crippen molar-refractivity contribution in [2.24, 2.45) is 0 Å². The molecule has 1 aromatic carbocycles. The van der Waals surface area contributed by atoms with Crippen LogP contribution in [-0.4, -0.2) is 49.5 Å². The Kier molecular flexibility index (Phi) is 8.44. The maximum absolute atomic E-state index is 5.78. The maximum atomic E-state index is 5.78. The molecule has 1 atom stereocenters. The molecule has 0 aliphatic carbocycles. The summed E-state index contributed by atoms with van der Waals surface area (Å²) in [5.41, 5.74) is 1.09. The van der Waals surface area contributed by atoms with Gasteiger partial charge in [0.15, 0.2) is 16.6 Å². The van der Waals surface area contributed by atoms with Crippen LogP contribution in [0, 0.1) is 0 Å². The molecule has 0 unspecified atom stereocenters. The fraction of sp³-hybridized carbons (Fsp3) is 0.450. The van der Waals surface area contributed by atoms with Crippen LogP contribution in [0.3, 0.4) is 0 Å². The van der Waals surface area contributed by atoms with Gasteiger partial charge in [-0.3, -0.25) is 0 Å². The van der Waals surface area contributed by atoms with Crippen LogP contribution in [0.25, 0.3) is 0 Å². The summed E-state index contributed by atoms with van der Waals surface area (Å²) < 4.78 is 16.9. The number of ether oxygens (including phenoxy) is 3. The molecule has 1 saturated heterocycles. The minimum Gasteiger partial charge on any atom is -0.493 e. The van der Waals surface area contributed by atoms with E-state index in [0.717, 1.165) is 31.6 Å². The zero-order valence-corrected chi connectivity index (χ0v) is 16.2. The van der Waals surface area contributed by atoms with Gasteiger partial charge in [-0.2, -0.15) is 0 Å². The Morgan fingerprint density at radius 1 is 1.38 bits per heavy atom. The zero-order valence-electron chi connectivity index (χ0n) is 15.4. The molecular weight excluding hydrogens is 348 g/mol. The molecule has 1 fully saturated rings. The average molecular weight is 377 g/mol. The van der Waals surface area contributed by atoms with E-state index in [9.17, 15) is 0 Å². The number of methoxy groups -OCH3 is 1. The van der Waals surface area contributed by atoms with Crippen LogP contribution in [0.1, 0.15) is 18.4 Å². The summed E-state index contributed by atoms with van der Waals surface area (Å²) in [4.78, 5) is 2.13. The fourth-order valence-corrected chi connectivity index (χ4v) is 3.05. The Balaban J connectivity index is 2.10. The van der Waals surface area contributed by atoms with Gasteiger partial charge in [-0.1, -0.05) is 24.8 Å². The molecule has 1 N–H and O–H groups in total.